The van der Waals surface area contributed by atoms with Crippen molar-refractivity contribution in [1.29, 1.82) is 0 Å². The Balaban J connectivity index is 2.92. The SMILES string of the molecule is CC(C)C(c1ccc(CCl)cn1)C(C)C. The first-order valence-corrected chi connectivity index (χ1v) is 6.10. The molecule has 0 aliphatic rings. The average molecular weight is 226 g/mol. The molecule has 15 heavy (non-hydrogen) atoms. The van der Waals surface area contributed by atoms with Gasteiger partial charge in [0.2, 0.25) is 0 Å². The summed E-state index contributed by atoms with van der Waals surface area (Å²) in [6.45, 7) is 9.01. The summed E-state index contributed by atoms with van der Waals surface area (Å²) < 4.78 is 0. The van der Waals surface area contributed by atoms with E-state index in [2.05, 4.69) is 44.8 Å². The Hall–Kier alpha value is -0.560. The van der Waals surface area contributed by atoms with Gasteiger partial charge in [-0.1, -0.05) is 33.8 Å². The van der Waals surface area contributed by atoms with Gasteiger partial charge in [-0.15, -0.1) is 11.6 Å². The van der Waals surface area contributed by atoms with Crippen molar-refractivity contribution < 1.29 is 0 Å². The van der Waals surface area contributed by atoms with E-state index < -0.39 is 0 Å². The van der Waals surface area contributed by atoms with E-state index in [0.717, 1.165) is 5.56 Å². The quantitative estimate of drug-likeness (QED) is 0.700. The van der Waals surface area contributed by atoms with Gasteiger partial charge >= 0.3 is 0 Å². The third kappa shape index (κ3) is 3.20. The summed E-state index contributed by atoms with van der Waals surface area (Å²) in [5, 5.41) is 0. The molecule has 0 saturated heterocycles. The summed E-state index contributed by atoms with van der Waals surface area (Å²) in [6.07, 6.45) is 1.89. The van der Waals surface area contributed by atoms with Gasteiger partial charge in [0.15, 0.2) is 0 Å². The molecule has 0 spiro atoms. The average Bonchev–Trinajstić information content (AvgIpc) is 2.18. The lowest BCUT2D eigenvalue weighted by atomic mass is 9.83. The van der Waals surface area contributed by atoms with Gasteiger partial charge in [-0.05, 0) is 23.5 Å². The molecule has 1 heterocycles. The molecule has 1 rings (SSSR count). The monoisotopic (exact) mass is 225 g/mol. The summed E-state index contributed by atoms with van der Waals surface area (Å²) in [7, 11) is 0. The fourth-order valence-electron chi connectivity index (χ4n) is 2.16. The molecule has 0 amide bonds. The summed E-state index contributed by atoms with van der Waals surface area (Å²) >= 11 is 5.74. The summed E-state index contributed by atoms with van der Waals surface area (Å²) in [5.41, 5.74) is 2.28. The van der Waals surface area contributed by atoms with Crippen molar-refractivity contribution in [2.45, 2.75) is 39.5 Å². The lowest BCUT2D eigenvalue weighted by Crippen LogP contribution is -2.14. The second kappa shape index (κ2) is 5.50. The Bertz CT molecular complexity index is 282. The fourth-order valence-corrected chi connectivity index (χ4v) is 2.32. The van der Waals surface area contributed by atoms with Crippen LogP contribution in [-0.4, -0.2) is 4.98 Å². The molecule has 0 saturated carbocycles. The fraction of sp³-hybridized carbons (Fsp3) is 0.615. The maximum absolute atomic E-state index is 5.74. The van der Waals surface area contributed by atoms with Gasteiger partial charge < -0.3 is 0 Å². The Labute approximate surface area is 97.9 Å². The Morgan fingerprint density at radius 1 is 1.13 bits per heavy atom. The van der Waals surface area contributed by atoms with Crippen LogP contribution in [0.1, 0.15) is 44.9 Å². The van der Waals surface area contributed by atoms with Crippen LogP contribution in [-0.2, 0) is 5.88 Å². The third-order valence-electron chi connectivity index (χ3n) is 2.78. The largest absolute Gasteiger partial charge is 0.261 e. The molecule has 0 aromatic carbocycles. The van der Waals surface area contributed by atoms with Gasteiger partial charge in [0.05, 0.1) is 0 Å². The minimum Gasteiger partial charge on any atom is -0.261 e. The van der Waals surface area contributed by atoms with Crippen molar-refractivity contribution in [3.63, 3.8) is 0 Å². The number of nitrogens with zero attached hydrogens (tertiary/aromatic N) is 1. The Morgan fingerprint density at radius 2 is 1.73 bits per heavy atom. The normalized spacial score (nSPS) is 11.7. The van der Waals surface area contributed by atoms with E-state index in [1.807, 2.05) is 6.20 Å². The first-order valence-electron chi connectivity index (χ1n) is 5.57. The predicted octanol–water partition coefficient (Wildman–Crippen LogP) is 4.22. The van der Waals surface area contributed by atoms with Gasteiger partial charge in [0.25, 0.3) is 0 Å². The summed E-state index contributed by atoms with van der Waals surface area (Å²) in [5.74, 6) is 2.33. The highest BCUT2D eigenvalue weighted by molar-refractivity contribution is 6.17. The van der Waals surface area contributed by atoms with Crippen LogP contribution in [0.25, 0.3) is 0 Å². The maximum Gasteiger partial charge on any atom is 0.0489 e. The van der Waals surface area contributed by atoms with E-state index in [1.165, 1.54) is 5.69 Å². The molecule has 0 bridgehead atoms. The third-order valence-corrected chi connectivity index (χ3v) is 3.09. The van der Waals surface area contributed by atoms with Gasteiger partial charge in [-0.25, -0.2) is 0 Å². The molecule has 1 nitrogen and oxygen atoms in total. The number of rotatable bonds is 4. The first kappa shape index (κ1) is 12.5. The smallest absolute Gasteiger partial charge is 0.0489 e. The van der Waals surface area contributed by atoms with Gasteiger partial charge in [0.1, 0.15) is 0 Å². The molecule has 0 atom stereocenters. The van der Waals surface area contributed by atoms with E-state index >= 15 is 0 Å². The molecule has 1 aromatic rings. The summed E-state index contributed by atoms with van der Waals surface area (Å²) in [6, 6.07) is 4.19. The number of halogens is 1. The molecule has 0 aliphatic carbocycles. The zero-order valence-electron chi connectivity index (χ0n) is 10.00. The highest BCUT2D eigenvalue weighted by Gasteiger charge is 2.20. The Morgan fingerprint density at radius 3 is 2.07 bits per heavy atom. The van der Waals surface area contributed by atoms with E-state index in [0.29, 0.717) is 23.6 Å². The van der Waals surface area contributed by atoms with Crippen LogP contribution in [0.5, 0.6) is 0 Å². The standard InChI is InChI=1S/C13H20ClN/c1-9(2)13(10(3)4)12-6-5-11(7-14)8-15-12/h5-6,8-10,13H,7H2,1-4H3. The van der Waals surface area contributed by atoms with Crippen LogP contribution in [0.2, 0.25) is 0 Å². The van der Waals surface area contributed by atoms with Crippen molar-refractivity contribution >= 4 is 11.6 Å². The lowest BCUT2D eigenvalue weighted by Gasteiger charge is -2.24. The van der Waals surface area contributed by atoms with E-state index in [9.17, 15) is 0 Å². The molecule has 84 valence electrons. The molecule has 0 N–H and O–H groups in total. The van der Waals surface area contributed by atoms with E-state index in [-0.39, 0.29) is 0 Å². The number of hydrogen-bond donors (Lipinski definition) is 0. The first-order chi connectivity index (χ1) is 7.06. The predicted molar refractivity (Wildman–Crippen MR) is 66.2 cm³/mol. The molecule has 1 aromatic heterocycles. The van der Waals surface area contributed by atoms with Crippen LogP contribution in [0.15, 0.2) is 18.3 Å². The number of aromatic nitrogens is 1. The molecule has 0 unspecified atom stereocenters. The van der Waals surface area contributed by atoms with E-state index in [4.69, 9.17) is 11.6 Å². The van der Waals surface area contributed by atoms with Crippen molar-refractivity contribution in [3.8, 4) is 0 Å². The molecule has 0 aliphatic heterocycles. The van der Waals surface area contributed by atoms with Gasteiger partial charge in [-0.3, -0.25) is 4.98 Å². The van der Waals surface area contributed by atoms with Crippen LogP contribution >= 0.6 is 11.6 Å². The van der Waals surface area contributed by atoms with Crippen LogP contribution in [0.3, 0.4) is 0 Å². The Kier molecular flexibility index (Phi) is 4.59. The second-order valence-electron chi connectivity index (χ2n) is 4.74. The lowest BCUT2D eigenvalue weighted by molar-refractivity contribution is 0.380. The molecule has 0 fully saturated rings. The molecule has 0 radical (unpaired) electrons. The summed E-state index contributed by atoms with van der Waals surface area (Å²) in [4.78, 5) is 4.51. The van der Waals surface area contributed by atoms with Crippen molar-refractivity contribution in [3.05, 3.63) is 29.6 Å². The van der Waals surface area contributed by atoms with Crippen LogP contribution in [0.4, 0.5) is 0 Å². The maximum atomic E-state index is 5.74. The highest BCUT2D eigenvalue weighted by atomic mass is 35.5. The number of alkyl halides is 1. The molecule has 2 heteroatoms. The number of hydrogen-bond acceptors (Lipinski definition) is 1. The van der Waals surface area contributed by atoms with Crippen LogP contribution in [0, 0.1) is 11.8 Å². The zero-order chi connectivity index (χ0) is 11.4. The zero-order valence-corrected chi connectivity index (χ0v) is 10.8. The topological polar surface area (TPSA) is 12.9 Å². The van der Waals surface area contributed by atoms with Gasteiger partial charge in [0, 0.05) is 23.7 Å². The molecular weight excluding hydrogens is 206 g/mol. The van der Waals surface area contributed by atoms with Gasteiger partial charge in [-0.2, -0.15) is 0 Å². The highest BCUT2D eigenvalue weighted by Crippen LogP contribution is 2.30. The van der Waals surface area contributed by atoms with Crippen molar-refractivity contribution in [2.75, 3.05) is 0 Å². The van der Waals surface area contributed by atoms with Crippen LogP contribution < -0.4 is 0 Å². The molecular formula is C13H20ClN. The minimum atomic E-state index is 0.536. The van der Waals surface area contributed by atoms with E-state index in [1.54, 1.807) is 0 Å². The second-order valence-corrected chi connectivity index (χ2v) is 5.01. The van der Waals surface area contributed by atoms with Crippen molar-refractivity contribution in [1.82, 2.24) is 4.98 Å². The van der Waals surface area contributed by atoms with Crippen molar-refractivity contribution in [2.24, 2.45) is 11.8 Å². The number of pyridine rings is 1. The minimum absolute atomic E-state index is 0.536.